The number of aliphatic carboxylic acids is 1. The predicted octanol–water partition coefficient (Wildman–Crippen LogP) is 3.94. The van der Waals surface area contributed by atoms with Crippen LogP contribution in [0.15, 0.2) is 84.9 Å². The number of methoxy groups -OCH3 is 1. The maximum atomic E-state index is 13.4. The average molecular weight is 403 g/mol. The molecule has 0 saturated carbocycles. The van der Waals surface area contributed by atoms with E-state index in [9.17, 15) is 19.5 Å². The van der Waals surface area contributed by atoms with Gasteiger partial charge >= 0.3 is 11.9 Å². The number of carbonyl (C=O) groups is 3. The number of carbonyl (C=O) groups excluding carboxylic acids is 2. The van der Waals surface area contributed by atoms with Gasteiger partial charge in [0.15, 0.2) is 6.04 Å². The van der Waals surface area contributed by atoms with Gasteiger partial charge in [0.1, 0.15) is 0 Å². The number of hydrogen-bond acceptors (Lipinski definition) is 4. The Morgan fingerprint density at radius 1 is 0.833 bits per heavy atom. The standard InChI is InChI=1S/C24H21NO5/c1-30-24(29)20-14-12-19(13-15-20)22(26)25(16-17-8-4-2-5-9-17)21(23(27)28)18-10-6-3-7-11-18/h2-15,21H,16H2,1H3,(H,27,28). The van der Waals surface area contributed by atoms with Crippen molar-refractivity contribution in [3.05, 3.63) is 107 Å². The minimum absolute atomic E-state index is 0.115. The molecule has 3 aromatic carbocycles. The minimum Gasteiger partial charge on any atom is -0.479 e. The van der Waals surface area contributed by atoms with Gasteiger partial charge in [0.2, 0.25) is 0 Å². The van der Waals surface area contributed by atoms with Gasteiger partial charge in [0, 0.05) is 12.1 Å². The van der Waals surface area contributed by atoms with E-state index < -0.39 is 23.9 Å². The Morgan fingerprint density at radius 3 is 1.90 bits per heavy atom. The molecule has 0 radical (unpaired) electrons. The molecule has 3 rings (SSSR count). The van der Waals surface area contributed by atoms with E-state index in [1.54, 1.807) is 30.3 Å². The van der Waals surface area contributed by atoms with Crippen molar-refractivity contribution in [2.24, 2.45) is 0 Å². The van der Waals surface area contributed by atoms with Gasteiger partial charge in [-0.05, 0) is 35.4 Å². The van der Waals surface area contributed by atoms with E-state index in [1.807, 2.05) is 30.3 Å². The van der Waals surface area contributed by atoms with Crippen LogP contribution in [0.5, 0.6) is 0 Å². The second-order valence-electron chi connectivity index (χ2n) is 6.64. The number of amides is 1. The van der Waals surface area contributed by atoms with Crippen molar-refractivity contribution in [3.8, 4) is 0 Å². The Balaban J connectivity index is 2.01. The molecule has 1 unspecified atom stereocenters. The average Bonchev–Trinajstić information content (AvgIpc) is 2.79. The van der Waals surface area contributed by atoms with Crippen molar-refractivity contribution in [2.45, 2.75) is 12.6 Å². The molecule has 3 aromatic rings. The lowest BCUT2D eigenvalue weighted by molar-refractivity contribution is -0.142. The lowest BCUT2D eigenvalue weighted by atomic mass is 10.0. The summed E-state index contributed by atoms with van der Waals surface area (Å²) < 4.78 is 4.68. The van der Waals surface area contributed by atoms with Crippen LogP contribution in [0.3, 0.4) is 0 Å². The van der Waals surface area contributed by atoms with Crippen molar-refractivity contribution in [1.82, 2.24) is 4.90 Å². The van der Waals surface area contributed by atoms with E-state index in [0.29, 0.717) is 11.1 Å². The van der Waals surface area contributed by atoms with Crippen LogP contribution >= 0.6 is 0 Å². The van der Waals surface area contributed by atoms with Gasteiger partial charge in [0.05, 0.1) is 12.7 Å². The van der Waals surface area contributed by atoms with Gasteiger partial charge in [0.25, 0.3) is 5.91 Å². The molecule has 0 aromatic heterocycles. The molecule has 0 fully saturated rings. The Hall–Kier alpha value is -3.93. The maximum Gasteiger partial charge on any atom is 0.337 e. The normalized spacial score (nSPS) is 11.4. The molecule has 6 heteroatoms. The number of nitrogens with zero attached hydrogens (tertiary/aromatic N) is 1. The molecule has 1 N–H and O–H groups in total. The molecule has 30 heavy (non-hydrogen) atoms. The molecule has 0 aliphatic heterocycles. The zero-order chi connectivity index (χ0) is 21.5. The fraction of sp³-hybridized carbons (Fsp3) is 0.125. The highest BCUT2D eigenvalue weighted by atomic mass is 16.5. The monoisotopic (exact) mass is 403 g/mol. The smallest absolute Gasteiger partial charge is 0.337 e. The third-order valence-corrected chi connectivity index (χ3v) is 4.67. The zero-order valence-corrected chi connectivity index (χ0v) is 16.4. The Labute approximate surface area is 174 Å². The number of esters is 1. The lowest BCUT2D eigenvalue weighted by Crippen LogP contribution is -2.38. The first kappa shape index (κ1) is 20.8. The van der Waals surface area contributed by atoms with Crippen LogP contribution in [0, 0.1) is 0 Å². The Morgan fingerprint density at radius 2 is 1.37 bits per heavy atom. The molecule has 0 spiro atoms. The zero-order valence-electron chi connectivity index (χ0n) is 16.4. The quantitative estimate of drug-likeness (QED) is 0.604. The third-order valence-electron chi connectivity index (χ3n) is 4.67. The van der Waals surface area contributed by atoms with Crippen molar-refractivity contribution in [1.29, 1.82) is 0 Å². The largest absolute Gasteiger partial charge is 0.479 e. The number of rotatable bonds is 7. The van der Waals surface area contributed by atoms with Gasteiger partial charge in [-0.1, -0.05) is 60.7 Å². The van der Waals surface area contributed by atoms with Crippen LogP contribution in [0.25, 0.3) is 0 Å². The summed E-state index contributed by atoms with van der Waals surface area (Å²) in [6.45, 7) is 0.115. The summed E-state index contributed by atoms with van der Waals surface area (Å²) in [5, 5.41) is 9.96. The first-order chi connectivity index (χ1) is 14.5. The van der Waals surface area contributed by atoms with E-state index in [2.05, 4.69) is 4.74 Å². The van der Waals surface area contributed by atoms with Crippen LogP contribution in [0.4, 0.5) is 0 Å². The lowest BCUT2D eigenvalue weighted by Gasteiger charge is -2.29. The van der Waals surface area contributed by atoms with E-state index in [4.69, 9.17) is 0 Å². The first-order valence-electron chi connectivity index (χ1n) is 9.32. The van der Waals surface area contributed by atoms with Gasteiger partial charge in [-0.25, -0.2) is 9.59 Å². The Kier molecular flexibility index (Phi) is 6.60. The molecule has 152 valence electrons. The van der Waals surface area contributed by atoms with Crippen LogP contribution in [-0.2, 0) is 16.1 Å². The SMILES string of the molecule is COC(=O)c1ccc(C(=O)N(Cc2ccccc2)C(C(=O)O)c2ccccc2)cc1. The van der Waals surface area contributed by atoms with Gasteiger partial charge in [-0.15, -0.1) is 0 Å². The number of carboxylic acid groups (broad SMARTS) is 1. The molecular weight excluding hydrogens is 382 g/mol. The molecule has 0 aliphatic rings. The summed E-state index contributed by atoms with van der Waals surface area (Å²) >= 11 is 0. The summed E-state index contributed by atoms with van der Waals surface area (Å²) in [6.07, 6.45) is 0. The first-order valence-corrected chi connectivity index (χ1v) is 9.32. The van der Waals surface area contributed by atoms with Crippen LogP contribution in [-0.4, -0.2) is 35.0 Å². The summed E-state index contributed by atoms with van der Waals surface area (Å²) in [5.41, 5.74) is 1.89. The number of ether oxygens (including phenoxy) is 1. The van der Waals surface area contributed by atoms with Gasteiger partial charge in [-0.2, -0.15) is 0 Å². The summed E-state index contributed by atoms with van der Waals surface area (Å²) in [5.74, 6) is -2.09. The molecule has 0 saturated heterocycles. The van der Waals surface area contributed by atoms with E-state index in [1.165, 1.54) is 36.3 Å². The number of hydrogen-bond donors (Lipinski definition) is 1. The van der Waals surface area contributed by atoms with Crippen LogP contribution in [0.1, 0.15) is 37.9 Å². The number of carboxylic acids is 1. The molecule has 0 heterocycles. The number of benzene rings is 3. The molecule has 0 aliphatic carbocycles. The van der Waals surface area contributed by atoms with Crippen molar-refractivity contribution >= 4 is 17.8 Å². The molecule has 1 amide bonds. The summed E-state index contributed by atoms with van der Waals surface area (Å²) in [6, 6.07) is 22.6. The second kappa shape index (κ2) is 9.52. The highest BCUT2D eigenvalue weighted by Gasteiger charge is 2.32. The van der Waals surface area contributed by atoms with Crippen molar-refractivity contribution in [2.75, 3.05) is 7.11 Å². The molecule has 0 bridgehead atoms. The van der Waals surface area contributed by atoms with E-state index in [0.717, 1.165) is 5.56 Å². The molecule has 6 nitrogen and oxygen atoms in total. The second-order valence-corrected chi connectivity index (χ2v) is 6.64. The predicted molar refractivity (Wildman–Crippen MR) is 111 cm³/mol. The highest BCUT2D eigenvalue weighted by molar-refractivity contribution is 5.98. The molecular formula is C24H21NO5. The molecule has 1 atom stereocenters. The summed E-state index contributed by atoms with van der Waals surface area (Å²) in [4.78, 5) is 38.5. The topological polar surface area (TPSA) is 83.9 Å². The summed E-state index contributed by atoms with van der Waals surface area (Å²) in [7, 11) is 1.28. The minimum atomic E-state index is -1.17. The van der Waals surface area contributed by atoms with Gasteiger partial charge < -0.3 is 14.7 Å². The van der Waals surface area contributed by atoms with Crippen molar-refractivity contribution in [3.63, 3.8) is 0 Å². The maximum absolute atomic E-state index is 13.4. The third kappa shape index (κ3) is 4.72. The highest BCUT2D eigenvalue weighted by Crippen LogP contribution is 2.26. The van der Waals surface area contributed by atoms with E-state index in [-0.39, 0.29) is 12.1 Å². The van der Waals surface area contributed by atoms with Gasteiger partial charge in [-0.3, -0.25) is 4.79 Å². The van der Waals surface area contributed by atoms with Crippen molar-refractivity contribution < 1.29 is 24.2 Å². The fourth-order valence-corrected chi connectivity index (χ4v) is 3.18. The van der Waals surface area contributed by atoms with E-state index >= 15 is 0 Å². The Bertz CT molecular complexity index is 1020. The van der Waals surface area contributed by atoms with Crippen LogP contribution < -0.4 is 0 Å². The fourth-order valence-electron chi connectivity index (χ4n) is 3.18. The van der Waals surface area contributed by atoms with Crippen LogP contribution in [0.2, 0.25) is 0 Å².